The van der Waals surface area contributed by atoms with Gasteiger partial charge in [-0.1, -0.05) is 19.8 Å². The molecule has 78 valence electrons. The molecule has 2 nitrogen and oxygen atoms in total. The molecule has 2 heteroatoms. The first-order valence-corrected chi connectivity index (χ1v) is 5.63. The zero-order valence-corrected chi connectivity index (χ0v) is 9.01. The van der Waals surface area contributed by atoms with Crippen LogP contribution in [0.2, 0.25) is 0 Å². The van der Waals surface area contributed by atoms with Gasteiger partial charge < -0.3 is 0 Å². The van der Waals surface area contributed by atoms with Crippen LogP contribution in [-0.4, -0.2) is 11.6 Å². The minimum atomic E-state index is -0.269. The molecule has 0 radical (unpaired) electrons. The van der Waals surface area contributed by atoms with Crippen LogP contribution in [0.15, 0.2) is 0 Å². The summed E-state index contributed by atoms with van der Waals surface area (Å²) in [6, 6.07) is 0. The second-order valence-electron chi connectivity index (χ2n) is 4.93. The van der Waals surface area contributed by atoms with E-state index in [1.54, 1.807) is 6.92 Å². The standard InChI is InChI=1S/C12H18O2/c1-8-11(14)7-10-5-3-4-6-12(8,10)9(2)13/h8,10H,3-7H2,1-2H3. The molecule has 2 fully saturated rings. The number of rotatable bonds is 1. The Bertz CT molecular complexity index is 282. The summed E-state index contributed by atoms with van der Waals surface area (Å²) in [5, 5.41) is 0. The van der Waals surface area contributed by atoms with Gasteiger partial charge in [0.05, 0.1) is 0 Å². The summed E-state index contributed by atoms with van der Waals surface area (Å²) in [6.07, 6.45) is 4.99. The molecule has 0 heterocycles. The molecule has 3 unspecified atom stereocenters. The normalized spacial score (nSPS) is 42.3. The number of ketones is 2. The SMILES string of the molecule is CC(=O)C12CCCCC1CC(=O)C2C. The summed E-state index contributed by atoms with van der Waals surface area (Å²) in [7, 11) is 0. The molecule has 0 amide bonds. The molecule has 2 aliphatic rings. The maximum absolute atomic E-state index is 11.8. The minimum absolute atomic E-state index is 0.0229. The molecule has 0 aliphatic heterocycles. The van der Waals surface area contributed by atoms with Crippen LogP contribution in [0, 0.1) is 17.3 Å². The van der Waals surface area contributed by atoms with Gasteiger partial charge in [0.15, 0.2) is 0 Å². The van der Waals surface area contributed by atoms with E-state index in [1.807, 2.05) is 6.92 Å². The average Bonchev–Trinajstić information content (AvgIpc) is 2.41. The van der Waals surface area contributed by atoms with Crippen LogP contribution in [0.5, 0.6) is 0 Å². The number of hydrogen-bond donors (Lipinski definition) is 0. The lowest BCUT2D eigenvalue weighted by Crippen LogP contribution is -2.40. The van der Waals surface area contributed by atoms with Crippen LogP contribution in [0.3, 0.4) is 0 Å². The smallest absolute Gasteiger partial charge is 0.137 e. The lowest BCUT2D eigenvalue weighted by atomic mass is 9.62. The summed E-state index contributed by atoms with van der Waals surface area (Å²) >= 11 is 0. The van der Waals surface area contributed by atoms with Gasteiger partial charge in [-0.3, -0.25) is 9.59 Å². The summed E-state index contributed by atoms with van der Waals surface area (Å²) in [5.74, 6) is 0.897. The molecule has 0 bridgehead atoms. The van der Waals surface area contributed by atoms with E-state index in [-0.39, 0.29) is 17.1 Å². The number of Topliss-reactive ketones (excluding diaryl/α,β-unsaturated/α-hetero) is 2. The number of fused-ring (bicyclic) bond motifs is 1. The molecular weight excluding hydrogens is 176 g/mol. The third-order valence-corrected chi connectivity index (χ3v) is 4.48. The first kappa shape index (κ1) is 9.88. The Morgan fingerprint density at radius 3 is 2.71 bits per heavy atom. The van der Waals surface area contributed by atoms with Gasteiger partial charge in [-0.2, -0.15) is 0 Å². The van der Waals surface area contributed by atoms with Crippen molar-refractivity contribution in [3.8, 4) is 0 Å². The van der Waals surface area contributed by atoms with Crippen molar-refractivity contribution in [3.05, 3.63) is 0 Å². The Morgan fingerprint density at radius 1 is 1.43 bits per heavy atom. The number of hydrogen-bond acceptors (Lipinski definition) is 2. The predicted octanol–water partition coefficient (Wildman–Crippen LogP) is 2.36. The van der Waals surface area contributed by atoms with Crippen molar-refractivity contribution in [1.29, 1.82) is 0 Å². The van der Waals surface area contributed by atoms with Gasteiger partial charge in [0.2, 0.25) is 0 Å². The van der Waals surface area contributed by atoms with Gasteiger partial charge in [0, 0.05) is 17.8 Å². The zero-order valence-electron chi connectivity index (χ0n) is 9.01. The lowest BCUT2D eigenvalue weighted by molar-refractivity contribution is -0.136. The van der Waals surface area contributed by atoms with E-state index in [0.717, 1.165) is 19.3 Å². The Kier molecular flexibility index (Phi) is 2.24. The molecule has 2 rings (SSSR count). The number of carbonyl (C=O) groups is 2. The van der Waals surface area contributed by atoms with Crippen molar-refractivity contribution < 1.29 is 9.59 Å². The van der Waals surface area contributed by atoms with Gasteiger partial charge >= 0.3 is 0 Å². The van der Waals surface area contributed by atoms with Crippen molar-refractivity contribution in [2.45, 2.75) is 46.0 Å². The van der Waals surface area contributed by atoms with E-state index in [0.29, 0.717) is 18.1 Å². The third-order valence-electron chi connectivity index (χ3n) is 4.48. The van der Waals surface area contributed by atoms with Crippen LogP contribution >= 0.6 is 0 Å². The van der Waals surface area contributed by atoms with Crippen LogP contribution in [-0.2, 0) is 9.59 Å². The number of carbonyl (C=O) groups excluding carboxylic acids is 2. The van der Waals surface area contributed by atoms with Gasteiger partial charge in [0.25, 0.3) is 0 Å². The molecule has 2 aliphatic carbocycles. The second-order valence-corrected chi connectivity index (χ2v) is 4.93. The van der Waals surface area contributed by atoms with E-state index < -0.39 is 0 Å². The monoisotopic (exact) mass is 194 g/mol. The maximum atomic E-state index is 11.8. The van der Waals surface area contributed by atoms with E-state index in [9.17, 15) is 9.59 Å². The Morgan fingerprint density at radius 2 is 2.14 bits per heavy atom. The van der Waals surface area contributed by atoms with Gasteiger partial charge in [-0.15, -0.1) is 0 Å². The first-order chi connectivity index (χ1) is 6.59. The van der Waals surface area contributed by atoms with Crippen LogP contribution in [0.4, 0.5) is 0 Å². The summed E-state index contributed by atoms with van der Waals surface area (Å²) in [6.45, 7) is 3.63. The average molecular weight is 194 g/mol. The van der Waals surface area contributed by atoms with Crippen molar-refractivity contribution in [2.75, 3.05) is 0 Å². The molecule has 0 aromatic carbocycles. The highest BCUT2D eigenvalue weighted by Gasteiger charge is 2.55. The quantitative estimate of drug-likeness (QED) is 0.642. The highest BCUT2D eigenvalue weighted by Crippen LogP contribution is 2.54. The van der Waals surface area contributed by atoms with Crippen molar-refractivity contribution in [2.24, 2.45) is 17.3 Å². The third kappa shape index (κ3) is 1.09. The first-order valence-electron chi connectivity index (χ1n) is 5.63. The molecule has 0 spiro atoms. The largest absolute Gasteiger partial charge is 0.299 e. The van der Waals surface area contributed by atoms with E-state index >= 15 is 0 Å². The Labute approximate surface area is 85.1 Å². The topological polar surface area (TPSA) is 34.1 Å². The van der Waals surface area contributed by atoms with E-state index in [4.69, 9.17) is 0 Å². The molecule has 2 saturated carbocycles. The van der Waals surface area contributed by atoms with Crippen molar-refractivity contribution in [3.63, 3.8) is 0 Å². The van der Waals surface area contributed by atoms with Gasteiger partial charge in [0.1, 0.15) is 11.6 Å². The zero-order chi connectivity index (χ0) is 10.3. The molecule has 0 N–H and O–H groups in total. The molecular formula is C12H18O2. The summed E-state index contributed by atoms with van der Waals surface area (Å²) in [4.78, 5) is 23.5. The Hall–Kier alpha value is -0.660. The van der Waals surface area contributed by atoms with E-state index in [2.05, 4.69) is 0 Å². The van der Waals surface area contributed by atoms with Crippen LogP contribution in [0.1, 0.15) is 46.0 Å². The minimum Gasteiger partial charge on any atom is -0.299 e. The molecule has 0 aromatic heterocycles. The summed E-state index contributed by atoms with van der Waals surface area (Å²) < 4.78 is 0. The molecule has 0 saturated heterocycles. The van der Waals surface area contributed by atoms with Gasteiger partial charge in [-0.05, 0) is 25.7 Å². The fourth-order valence-corrected chi connectivity index (χ4v) is 3.60. The van der Waals surface area contributed by atoms with E-state index in [1.165, 1.54) is 6.42 Å². The molecule has 0 aromatic rings. The van der Waals surface area contributed by atoms with Gasteiger partial charge in [-0.25, -0.2) is 0 Å². The van der Waals surface area contributed by atoms with Crippen molar-refractivity contribution >= 4 is 11.6 Å². The predicted molar refractivity (Wildman–Crippen MR) is 53.9 cm³/mol. The van der Waals surface area contributed by atoms with Crippen LogP contribution in [0.25, 0.3) is 0 Å². The maximum Gasteiger partial charge on any atom is 0.137 e. The highest BCUT2D eigenvalue weighted by atomic mass is 16.1. The summed E-state index contributed by atoms with van der Waals surface area (Å²) in [5.41, 5.74) is -0.269. The van der Waals surface area contributed by atoms with Crippen LogP contribution < -0.4 is 0 Å². The fraction of sp³-hybridized carbons (Fsp3) is 0.833. The van der Waals surface area contributed by atoms with Crippen molar-refractivity contribution in [1.82, 2.24) is 0 Å². The lowest BCUT2D eigenvalue weighted by Gasteiger charge is -2.39. The molecule has 14 heavy (non-hydrogen) atoms. The highest BCUT2D eigenvalue weighted by molar-refractivity contribution is 5.95. The molecule has 3 atom stereocenters. The second kappa shape index (κ2) is 3.18. The Balaban J connectivity index is 2.39. The fourth-order valence-electron chi connectivity index (χ4n) is 3.60.